The number of aromatic nitrogens is 2. The Labute approximate surface area is 112 Å². The van der Waals surface area contributed by atoms with E-state index in [4.69, 9.17) is 11.1 Å². The van der Waals surface area contributed by atoms with E-state index in [1.165, 1.54) is 10.5 Å². The van der Waals surface area contributed by atoms with Crippen molar-refractivity contribution in [1.29, 1.82) is 5.41 Å². The van der Waals surface area contributed by atoms with Crippen molar-refractivity contribution in [2.45, 2.75) is 31.2 Å². The molecule has 0 radical (unpaired) electrons. The fraction of sp³-hybridized carbons (Fsp3) is 0.636. The van der Waals surface area contributed by atoms with E-state index in [9.17, 15) is 8.42 Å². The van der Waals surface area contributed by atoms with E-state index in [-0.39, 0.29) is 23.3 Å². The van der Waals surface area contributed by atoms with Gasteiger partial charge in [-0.15, -0.1) is 0 Å². The average Bonchev–Trinajstić information content (AvgIpc) is 2.88. The van der Waals surface area contributed by atoms with Gasteiger partial charge in [-0.2, -0.15) is 4.31 Å². The van der Waals surface area contributed by atoms with E-state index < -0.39 is 10.0 Å². The molecule has 0 aromatic carbocycles. The summed E-state index contributed by atoms with van der Waals surface area (Å²) in [6.07, 6.45) is 3.50. The number of piperidine rings is 1. The second-order valence-corrected chi connectivity index (χ2v) is 6.61. The molecule has 2 rings (SSSR count). The molecule has 0 saturated carbocycles. The van der Waals surface area contributed by atoms with Crippen LogP contribution in [0.15, 0.2) is 11.2 Å². The van der Waals surface area contributed by atoms with Gasteiger partial charge >= 0.3 is 0 Å². The lowest BCUT2D eigenvalue weighted by molar-refractivity contribution is 0.309. The van der Waals surface area contributed by atoms with Gasteiger partial charge in [-0.25, -0.2) is 13.4 Å². The van der Waals surface area contributed by atoms with Crippen molar-refractivity contribution in [3.8, 4) is 0 Å². The number of hydrogen-bond acceptors (Lipinski definition) is 4. The predicted molar refractivity (Wildman–Crippen MR) is 71.4 cm³/mol. The first-order valence-corrected chi connectivity index (χ1v) is 7.77. The molecule has 1 aromatic rings. The second-order valence-electron chi connectivity index (χ2n) is 4.71. The number of sulfonamides is 1. The van der Waals surface area contributed by atoms with Crippen molar-refractivity contribution in [2.24, 2.45) is 11.7 Å². The Kier molecular flexibility index (Phi) is 3.91. The first-order chi connectivity index (χ1) is 8.95. The highest BCUT2D eigenvalue weighted by atomic mass is 32.2. The van der Waals surface area contributed by atoms with Crippen molar-refractivity contribution in [1.82, 2.24) is 14.3 Å². The van der Waals surface area contributed by atoms with Crippen molar-refractivity contribution in [3.63, 3.8) is 0 Å². The number of aromatic amines is 1. The molecule has 106 valence electrons. The molecule has 4 N–H and O–H groups in total. The first-order valence-electron chi connectivity index (χ1n) is 6.33. The molecule has 1 aliphatic rings. The molecule has 7 nitrogen and oxygen atoms in total. The van der Waals surface area contributed by atoms with Crippen LogP contribution in [-0.2, 0) is 16.4 Å². The molecule has 0 bridgehead atoms. The smallest absolute Gasteiger partial charge is 0.260 e. The van der Waals surface area contributed by atoms with Gasteiger partial charge in [0.15, 0.2) is 5.03 Å². The van der Waals surface area contributed by atoms with Crippen LogP contribution < -0.4 is 5.73 Å². The van der Waals surface area contributed by atoms with E-state index in [1.54, 1.807) is 0 Å². The molecule has 1 aromatic heterocycles. The number of hydrogen-bond donors (Lipinski definition) is 3. The Morgan fingerprint density at radius 2 is 2.42 bits per heavy atom. The highest BCUT2D eigenvalue weighted by molar-refractivity contribution is 7.89. The van der Waals surface area contributed by atoms with E-state index in [0.29, 0.717) is 18.8 Å². The zero-order valence-corrected chi connectivity index (χ0v) is 11.7. The molecule has 1 saturated heterocycles. The molecule has 2 heterocycles. The van der Waals surface area contributed by atoms with Crippen LogP contribution >= 0.6 is 0 Å². The quantitative estimate of drug-likeness (QED) is 0.545. The lowest BCUT2D eigenvalue weighted by atomic mass is 9.99. The van der Waals surface area contributed by atoms with Crippen LogP contribution in [0, 0.1) is 11.3 Å². The summed E-state index contributed by atoms with van der Waals surface area (Å²) in [6.45, 7) is 2.65. The number of imidazole rings is 1. The van der Waals surface area contributed by atoms with Crippen LogP contribution in [0.2, 0.25) is 0 Å². The lowest BCUT2D eigenvalue weighted by Crippen LogP contribution is -2.43. The van der Waals surface area contributed by atoms with Gasteiger partial charge in [-0.1, -0.05) is 6.92 Å². The summed E-state index contributed by atoms with van der Waals surface area (Å²) in [7, 11) is -3.55. The number of nitrogens with two attached hydrogens (primary N) is 1. The molecular weight excluding hydrogens is 266 g/mol. The largest absolute Gasteiger partial charge is 0.387 e. The first kappa shape index (κ1) is 14.0. The Morgan fingerprint density at radius 3 is 3.00 bits per heavy atom. The van der Waals surface area contributed by atoms with Gasteiger partial charge in [-0.05, 0) is 12.8 Å². The standard InChI is InChI=1S/C11H19N5O2S/c1-2-9-14-6-10(15-9)19(17,18)16-5-3-4-8(7-16)11(12)13/h6,8H,2-5,7H2,1H3,(H3,12,13)(H,14,15). The number of aryl methyl sites for hydroxylation is 1. The van der Waals surface area contributed by atoms with Crippen LogP contribution in [0.1, 0.15) is 25.6 Å². The molecule has 1 unspecified atom stereocenters. The Hall–Kier alpha value is -1.41. The molecule has 19 heavy (non-hydrogen) atoms. The van der Waals surface area contributed by atoms with Gasteiger partial charge in [0.2, 0.25) is 0 Å². The normalized spacial score (nSPS) is 21.4. The Morgan fingerprint density at radius 1 is 1.68 bits per heavy atom. The molecule has 0 amide bonds. The maximum Gasteiger partial charge on any atom is 0.260 e. The van der Waals surface area contributed by atoms with Crippen LogP contribution in [0.25, 0.3) is 0 Å². The number of rotatable bonds is 4. The van der Waals surface area contributed by atoms with Gasteiger partial charge < -0.3 is 10.7 Å². The predicted octanol–water partition coefficient (Wildman–Crippen LogP) is 0.309. The van der Waals surface area contributed by atoms with Crippen LogP contribution in [-0.4, -0.2) is 41.6 Å². The van der Waals surface area contributed by atoms with E-state index in [1.807, 2.05) is 6.92 Å². The van der Waals surface area contributed by atoms with Crippen LogP contribution in [0.5, 0.6) is 0 Å². The highest BCUT2D eigenvalue weighted by Gasteiger charge is 2.32. The zero-order valence-electron chi connectivity index (χ0n) is 10.9. The molecule has 1 atom stereocenters. The monoisotopic (exact) mass is 285 g/mol. The lowest BCUT2D eigenvalue weighted by Gasteiger charge is -2.30. The van der Waals surface area contributed by atoms with E-state index in [0.717, 1.165) is 12.8 Å². The van der Waals surface area contributed by atoms with Gasteiger partial charge in [-0.3, -0.25) is 5.41 Å². The zero-order chi connectivity index (χ0) is 14.0. The van der Waals surface area contributed by atoms with E-state index >= 15 is 0 Å². The van der Waals surface area contributed by atoms with E-state index in [2.05, 4.69) is 9.97 Å². The summed E-state index contributed by atoms with van der Waals surface area (Å²) in [6, 6.07) is 0. The summed E-state index contributed by atoms with van der Waals surface area (Å²) in [5.74, 6) is 0.523. The molecule has 0 aliphatic carbocycles. The summed E-state index contributed by atoms with van der Waals surface area (Å²) < 4.78 is 26.2. The number of H-pyrrole nitrogens is 1. The third-order valence-electron chi connectivity index (χ3n) is 3.38. The van der Waals surface area contributed by atoms with Gasteiger partial charge in [0.25, 0.3) is 10.0 Å². The van der Waals surface area contributed by atoms with Crippen molar-refractivity contribution in [3.05, 3.63) is 12.0 Å². The minimum atomic E-state index is -3.55. The third-order valence-corrected chi connectivity index (χ3v) is 5.16. The number of amidine groups is 1. The minimum absolute atomic E-state index is 0.0544. The van der Waals surface area contributed by atoms with Crippen molar-refractivity contribution >= 4 is 15.9 Å². The summed E-state index contributed by atoms with van der Waals surface area (Å²) >= 11 is 0. The SMILES string of the molecule is CCc1ncc(S(=O)(=O)N2CCCC(C(=N)N)C2)[nH]1. The molecule has 0 spiro atoms. The fourth-order valence-corrected chi connectivity index (χ4v) is 3.66. The van der Waals surface area contributed by atoms with Gasteiger partial charge in [0, 0.05) is 25.4 Å². The molecule has 1 fully saturated rings. The van der Waals surface area contributed by atoms with Gasteiger partial charge in [0.05, 0.1) is 12.0 Å². The molecule has 8 heteroatoms. The van der Waals surface area contributed by atoms with Crippen molar-refractivity contribution in [2.75, 3.05) is 13.1 Å². The maximum absolute atomic E-state index is 12.4. The summed E-state index contributed by atoms with van der Waals surface area (Å²) in [4.78, 5) is 6.84. The maximum atomic E-state index is 12.4. The topological polar surface area (TPSA) is 116 Å². The molecule has 1 aliphatic heterocycles. The summed E-state index contributed by atoms with van der Waals surface area (Å²) in [5, 5.41) is 7.58. The van der Waals surface area contributed by atoms with Crippen molar-refractivity contribution < 1.29 is 8.42 Å². The minimum Gasteiger partial charge on any atom is -0.387 e. The van der Waals surface area contributed by atoms with Crippen LogP contribution in [0.4, 0.5) is 0 Å². The highest BCUT2D eigenvalue weighted by Crippen LogP contribution is 2.22. The fourth-order valence-electron chi connectivity index (χ4n) is 2.21. The Balaban J connectivity index is 2.21. The number of nitrogens with zero attached hydrogens (tertiary/aromatic N) is 2. The van der Waals surface area contributed by atoms with Crippen LogP contribution in [0.3, 0.4) is 0 Å². The molecular formula is C11H19N5O2S. The number of nitrogens with one attached hydrogen (secondary N) is 2. The second kappa shape index (κ2) is 5.30. The van der Waals surface area contributed by atoms with Gasteiger partial charge in [0.1, 0.15) is 5.82 Å². The Bertz CT molecular complexity index is 565. The summed E-state index contributed by atoms with van der Waals surface area (Å²) in [5.41, 5.74) is 5.48. The average molecular weight is 285 g/mol. The third kappa shape index (κ3) is 2.79.